The predicted molar refractivity (Wildman–Crippen MR) is 71.3 cm³/mol. The highest BCUT2D eigenvalue weighted by Crippen LogP contribution is 2.28. The molecular weight excluding hydrogens is 303 g/mol. The van der Waals surface area contributed by atoms with Crippen molar-refractivity contribution in [1.82, 2.24) is 9.55 Å². The standard InChI is InChI=1S/C13H8F3N3OS/c1-21-12-18-10(13(14,15)16)6-11(20)19(12)9-4-2-8(7-17)3-5-9/h2-6H,1H3. The topological polar surface area (TPSA) is 58.7 Å². The second kappa shape index (κ2) is 5.61. The van der Waals surface area contributed by atoms with Crippen LogP contribution in [0.1, 0.15) is 11.3 Å². The minimum Gasteiger partial charge on any atom is -0.269 e. The number of rotatable bonds is 2. The van der Waals surface area contributed by atoms with Crippen molar-refractivity contribution in [2.24, 2.45) is 0 Å². The van der Waals surface area contributed by atoms with Gasteiger partial charge in [0.1, 0.15) is 0 Å². The summed E-state index contributed by atoms with van der Waals surface area (Å²) in [4.78, 5) is 15.4. The van der Waals surface area contributed by atoms with E-state index < -0.39 is 17.4 Å². The van der Waals surface area contributed by atoms with Crippen LogP contribution < -0.4 is 5.56 Å². The summed E-state index contributed by atoms with van der Waals surface area (Å²) in [6, 6.07) is 8.29. The Labute approximate surface area is 121 Å². The number of nitriles is 1. The van der Waals surface area contributed by atoms with Crippen LogP contribution in [0.25, 0.3) is 5.69 Å². The molecule has 0 aliphatic carbocycles. The van der Waals surface area contributed by atoms with Gasteiger partial charge in [0.15, 0.2) is 10.9 Å². The minimum absolute atomic E-state index is 0.0699. The maximum absolute atomic E-state index is 12.7. The molecule has 1 heterocycles. The van der Waals surface area contributed by atoms with E-state index in [2.05, 4.69) is 4.98 Å². The Morgan fingerprint density at radius 1 is 1.29 bits per heavy atom. The van der Waals surface area contributed by atoms with Crippen LogP contribution in [0.2, 0.25) is 0 Å². The first-order chi connectivity index (χ1) is 9.86. The monoisotopic (exact) mass is 311 g/mol. The smallest absolute Gasteiger partial charge is 0.269 e. The van der Waals surface area contributed by atoms with E-state index >= 15 is 0 Å². The third-order valence-electron chi connectivity index (χ3n) is 2.62. The number of nitrogens with zero attached hydrogens (tertiary/aromatic N) is 3. The fraction of sp³-hybridized carbons (Fsp3) is 0.154. The molecule has 0 bridgehead atoms. The lowest BCUT2D eigenvalue weighted by Gasteiger charge is -2.13. The molecule has 1 aromatic carbocycles. The van der Waals surface area contributed by atoms with Gasteiger partial charge in [0.05, 0.1) is 17.3 Å². The normalized spacial score (nSPS) is 11.2. The Morgan fingerprint density at radius 3 is 2.38 bits per heavy atom. The fourth-order valence-electron chi connectivity index (χ4n) is 1.67. The van der Waals surface area contributed by atoms with Gasteiger partial charge in [-0.05, 0) is 30.5 Å². The van der Waals surface area contributed by atoms with Crippen molar-refractivity contribution in [2.75, 3.05) is 6.26 Å². The van der Waals surface area contributed by atoms with Gasteiger partial charge in [-0.2, -0.15) is 18.4 Å². The molecule has 0 N–H and O–H groups in total. The second-order valence-corrected chi connectivity index (χ2v) is 4.73. The van der Waals surface area contributed by atoms with Crippen LogP contribution in [0.4, 0.5) is 13.2 Å². The Kier molecular flexibility index (Phi) is 4.04. The number of benzene rings is 1. The molecule has 2 rings (SSSR count). The number of hydrogen-bond donors (Lipinski definition) is 0. The molecule has 21 heavy (non-hydrogen) atoms. The Hall–Kier alpha value is -2.27. The number of hydrogen-bond acceptors (Lipinski definition) is 4. The lowest BCUT2D eigenvalue weighted by molar-refractivity contribution is -0.141. The van der Waals surface area contributed by atoms with Crippen molar-refractivity contribution in [3.8, 4) is 11.8 Å². The summed E-state index contributed by atoms with van der Waals surface area (Å²) in [5.41, 5.74) is -1.31. The molecule has 0 unspecified atom stereocenters. The van der Waals surface area contributed by atoms with Gasteiger partial charge in [0.2, 0.25) is 0 Å². The number of alkyl halides is 3. The van der Waals surface area contributed by atoms with E-state index in [1.807, 2.05) is 6.07 Å². The summed E-state index contributed by atoms with van der Waals surface area (Å²) < 4.78 is 39.1. The number of halogens is 3. The SMILES string of the molecule is CSc1nc(C(F)(F)F)cc(=O)n1-c1ccc(C#N)cc1. The maximum Gasteiger partial charge on any atom is 0.433 e. The summed E-state index contributed by atoms with van der Waals surface area (Å²) >= 11 is 0.931. The second-order valence-electron chi connectivity index (χ2n) is 3.96. The zero-order chi connectivity index (χ0) is 15.6. The Bertz CT molecular complexity index is 760. The van der Waals surface area contributed by atoms with Crippen LogP contribution in [0, 0.1) is 11.3 Å². The molecule has 0 atom stereocenters. The molecule has 2 aromatic rings. The highest BCUT2D eigenvalue weighted by molar-refractivity contribution is 7.98. The molecule has 0 aliphatic heterocycles. The molecule has 0 saturated heterocycles. The molecule has 8 heteroatoms. The Balaban J connectivity index is 2.63. The first-order valence-electron chi connectivity index (χ1n) is 5.62. The lowest BCUT2D eigenvalue weighted by atomic mass is 10.2. The predicted octanol–water partition coefficient (Wildman–Crippen LogP) is 2.84. The van der Waals surface area contributed by atoms with E-state index in [1.165, 1.54) is 30.5 Å². The molecule has 4 nitrogen and oxygen atoms in total. The van der Waals surface area contributed by atoms with Crippen LogP contribution in [-0.4, -0.2) is 15.8 Å². The van der Waals surface area contributed by atoms with Gasteiger partial charge in [0.25, 0.3) is 5.56 Å². The highest BCUT2D eigenvalue weighted by atomic mass is 32.2. The Morgan fingerprint density at radius 2 is 1.90 bits per heavy atom. The van der Waals surface area contributed by atoms with Gasteiger partial charge < -0.3 is 0 Å². The summed E-state index contributed by atoms with van der Waals surface area (Å²) in [7, 11) is 0. The van der Waals surface area contributed by atoms with E-state index in [1.54, 1.807) is 0 Å². The highest BCUT2D eigenvalue weighted by Gasteiger charge is 2.34. The van der Waals surface area contributed by atoms with Crippen molar-refractivity contribution in [3.63, 3.8) is 0 Å². The van der Waals surface area contributed by atoms with Crippen LogP contribution in [0.5, 0.6) is 0 Å². The molecule has 0 spiro atoms. The van der Waals surface area contributed by atoms with Gasteiger partial charge in [-0.3, -0.25) is 9.36 Å². The number of aromatic nitrogens is 2. The summed E-state index contributed by atoms with van der Waals surface area (Å²) in [6.07, 6.45) is -3.14. The first-order valence-corrected chi connectivity index (χ1v) is 6.85. The summed E-state index contributed by atoms with van der Waals surface area (Å²) in [5, 5.41) is 8.65. The third kappa shape index (κ3) is 3.08. The van der Waals surface area contributed by atoms with Gasteiger partial charge in [0, 0.05) is 6.07 Å². The fourth-order valence-corrected chi connectivity index (χ4v) is 2.23. The van der Waals surface area contributed by atoms with Crippen molar-refractivity contribution >= 4 is 11.8 Å². The molecule has 1 aromatic heterocycles. The average molecular weight is 311 g/mol. The molecule has 0 saturated carbocycles. The van der Waals surface area contributed by atoms with Crippen molar-refractivity contribution in [2.45, 2.75) is 11.3 Å². The van der Waals surface area contributed by atoms with E-state index in [0.717, 1.165) is 16.3 Å². The van der Waals surface area contributed by atoms with Crippen molar-refractivity contribution in [3.05, 3.63) is 51.9 Å². The maximum atomic E-state index is 12.7. The van der Waals surface area contributed by atoms with E-state index in [0.29, 0.717) is 17.3 Å². The third-order valence-corrected chi connectivity index (χ3v) is 3.25. The number of thioether (sulfide) groups is 1. The molecule has 0 amide bonds. The van der Waals surface area contributed by atoms with Crippen LogP contribution in [0.15, 0.2) is 40.3 Å². The van der Waals surface area contributed by atoms with Gasteiger partial charge in [-0.15, -0.1) is 0 Å². The van der Waals surface area contributed by atoms with Crippen molar-refractivity contribution < 1.29 is 13.2 Å². The molecule has 0 radical (unpaired) electrons. The molecular formula is C13H8F3N3OS. The van der Waals surface area contributed by atoms with Crippen LogP contribution in [-0.2, 0) is 6.18 Å². The first kappa shape index (κ1) is 15.1. The van der Waals surface area contributed by atoms with Gasteiger partial charge in [-0.1, -0.05) is 11.8 Å². The molecule has 108 valence electrons. The minimum atomic E-state index is -4.67. The van der Waals surface area contributed by atoms with Crippen LogP contribution in [0.3, 0.4) is 0 Å². The zero-order valence-electron chi connectivity index (χ0n) is 10.7. The van der Waals surface area contributed by atoms with E-state index in [9.17, 15) is 18.0 Å². The van der Waals surface area contributed by atoms with E-state index in [-0.39, 0.29) is 5.16 Å². The zero-order valence-corrected chi connectivity index (χ0v) is 11.5. The van der Waals surface area contributed by atoms with E-state index in [4.69, 9.17) is 5.26 Å². The van der Waals surface area contributed by atoms with Crippen molar-refractivity contribution in [1.29, 1.82) is 5.26 Å². The lowest BCUT2D eigenvalue weighted by Crippen LogP contribution is -2.24. The molecule has 0 fully saturated rings. The molecule has 0 aliphatic rings. The van der Waals surface area contributed by atoms with Gasteiger partial charge in [-0.25, -0.2) is 4.98 Å². The largest absolute Gasteiger partial charge is 0.433 e. The van der Waals surface area contributed by atoms with Crippen LogP contribution >= 0.6 is 11.8 Å². The summed E-state index contributed by atoms with van der Waals surface area (Å²) in [6.45, 7) is 0. The summed E-state index contributed by atoms with van der Waals surface area (Å²) in [5.74, 6) is 0. The quantitative estimate of drug-likeness (QED) is 0.632. The average Bonchev–Trinajstić information content (AvgIpc) is 2.45. The van der Waals surface area contributed by atoms with Gasteiger partial charge >= 0.3 is 6.18 Å².